The van der Waals surface area contributed by atoms with Crippen LogP contribution in [0.15, 0.2) is 97.1 Å². The van der Waals surface area contributed by atoms with Gasteiger partial charge in [-0.25, -0.2) is 0 Å². The third-order valence-electron chi connectivity index (χ3n) is 4.76. The fraction of sp³-hybridized carbons (Fsp3) is 0.185. The Hall–Kier alpha value is -3.46. The molecular weight excluding hydrogens is 372 g/mol. The first-order valence-corrected chi connectivity index (χ1v) is 10.3. The van der Waals surface area contributed by atoms with Gasteiger partial charge in [0.1, 0.15) is 0 Å². The van der Waals surface area contributed by atoms with Gasteiger partial charge in [-0.1, -0.05) is 103 Å². The lowest BCUT2D eigenvalue weighted by atomic mass is 10.00. The van der Waals surface area contributed by atoms with Crippen molar-refractivity contribution < 1.29 is 14.3 Å². The van der Waals surface area contributed by atoms with Gasteiger partial charge in [0.2, 0.25) is 5.78 Å². The maximum absolute atomic E-state index is 12.9. The summed E-state index contributed by atoms with van der Waals surface area (Å²) in [4.78, 5) is 25.4. The SMILES string of the molecule is O=C(CCCC/C=C/c1ccccc1)OC(C(=O)c1ccccc1)c1ccccc1. The average molecular weight is 399 g/mol. The van der Waals surface area contributed by atoms with Crippen LogP contribution in [0.1, 0.15) is 53.3 Å². The summed E-state index contributed by atoms with van der Waals surface area (Å²) in [6.45, 7) is 0. The topological polar surface area (TPSA) is 43.4 Å². The number of Topliss-reactive ketones (excluding diaryl/α,β-unsaturated/α-hetero) is 1. The molecule has 0 saturated heterocycles. The number of allylic oxidation sites excluding steroid dienone is 1. The standard InChI is InChI=1S/C27H26O3/c28-25(21-13-2-1-6-14-22-15-7-3-8-16-22)30-27(24-19-11-5-12-20-24)26(29)23-17-9-4-10-18-23/h3-12,14-20,27H,1-2,13,21H2/b14-6+. The van der Waals surface area contributed by atoms with Gasteiger partial charge >= 0.3 is 5.97 Å². The Morgan fingerprint density at radius 3 is 2.03 bits per heavy atom. The normalized spacial score (nSPS) is 11.9. The molecule has 0 radical (unpaired) electrons. The first-order valence-electron chi connectivity index (χ1n) is 10.3. The van der Waals surface area contributed by atoms with E-state index >= 15 is 0 Å². The van der Waals surface area contributed by atoms with E-state index in [0.717, 1.165) is 19.3 Å². The van der Waals surface area contributed by atoms with Crippen molar-refractivity contribution in [2.45, 2.75) is 31.8 Å². The van der Waals surface area contributed by atoms with E-state index in [1.54, 1.807) is 24.3 Å². The van der Waals surface area contributed by atoms with E-state index in [1.807, 2.05) is 54.6 Å². The third kappa shape index (κ3) is 6.56. The number of ether oxygens (including phenoxy) is 1. The van der Waals surface area contributed by atoms with Gasteiger partial charge in [-0.3, -0.25) is 9.59 Å². The second kappa shape index (κ2) is 11.5. The van der Waals surface area contributed by atoms with Crippen LogP contribution in [0.5, 0.6) is 0 Å². The van der Waals surface area contributed by atoms with Crippen LogP contribution in [-0.4, -0.2) is 11.8 Å². The predicted octanol–water partition coefficient (Wildman–Crippen LogP) is 6.43. The van der Waals surface area contributed by atoms with E-state index < -0.39 is 6.10 Å². The molecule has 0 aliphatic heterocycles. The van der Waals surface area contributed by atoms with Crippen LogP contribution in [0, 0.1) is 0 Å². The molecule has 0 N–H and O–H groups in total. The van der Waals surface area contributed by atoms with Gasteiger partial charge in [-0.05, 0) is 24.8 Å². The molecular formula is C27H26O3. The molecule has 0 fully saturated rings. The highest BCUT2D eigenvalue weighted by Gasteiger charge is 2.25. The third-order valence-corrected chi connectivity index (χ3v) is 4.76. The number of hydrogen-bond donors (Lipinski definition) is 0. The molecule has 3 nitrogen and oxygen atoms in total. The fourth-order valence-corrected chi connectivity index (χ4v) is 3.16. The number of esters is 1. The Morgan fingerprint density at radius 2 is 1.37 bits per heavy atom. The van der Waals surface area contributed by atoms with Gasteiger partial charge in [0.05, 0.1) is 0 Å². The zero-order chi connectivity index (χ0) is 21.0. The first kappa shape index (κ1) is 21.3. The summed E-state index contributed by atoms with van der Waals surface area (Å²) >= 11 is 0. The molecule has 0 amide bonds. The fourth-order valence-electron chi connectivity index (χ4n) is 3.16. The molecule has 1 atom stereocenters. The number of ketones is 1. The zero-order valence-corrected chi connectivity index (χ0v) is 16.9. The Balaban J connectivity index is 1.52. The molecule has 3 aromatic rings. The van der Waals surface area contributed by atoms with Gasteiger partial charge in [0.15, 0.2) is 6.10 Å². The molecule has 0 heterocycles. The highest BCUT2D eigenvalue weighted by molar-refractivity contribution is 6.00. The van der Waals surface area contributed by atoms with Gasteiger partial charge < -0.3 is 4.74 Å². The number of hydrogen-bond acceptors (Lipinski definition) is 3. The molecule has 3 heteroatoms. The van der Waals surface area contributed by atoms with Gasteiger partial charge in [0.25, 0.3) is 0 Å². The van der Waals surface area contributed by atoms with E-state index in [1.165, 1.54) is 5.56 Å². The monoisotopic (exact) mass is 398 g/mol. The van der Waals surface area contributed by atoms with Crippen molar-refractivity contribution >= 4 is 17.8 Å². The molecule has 3 aromatic carbocycles. The van der Waals surface area contributed by atoms with Crippen LogP contribution >= 0.6 is 0 Å². The summed E-state index contributed by atoms with van der Waals surface area (Å²) in [6.07, 6.45) is 6.09. The molecule has 0 spiro atoms. The summed E-state index contributed by atoms with van der Waals surface area (Å²) in [7, 11) is 0. The largest absolute Gasteiger partial charge is 0.449 e. The van der Waals surface area contributed by atoms with Crippen molar-refractivity contribution in [2.75, 3.05) is 0 Å². The molecule has 0 aromatic heterocycles. The summed E-state index contributed by atoms with van der Waals surface area (Å²) in [5.74, 6) is -0.555. The lowest BCUT2D eigenvalue weighted by Gasteiger charge is -2.17. The zero-order valence-electron chi connectivity index (χ0n) is 16.9. The number of rotatable bonds is 10. The van der Waals surface area contributed by atoms with E-state index in [4.69, 9.17) is 4.74 Å². The summed E-state index contributed by atoms with van der Waals surface area (Å²) in [5.41, 5.74) is 2.39. The number of carbonyl (C=O) groups excluding carboxylic acids is 2. The number of unbranched alkanes of at least 4 members (excludes halogenated alkanes) is 2. The first-order chi connectivity index (χ1) is 14.7. The maximum Gasteiger partial charge on any atom is 0.306 e. The Labute approximate surface area is 178 Å². The summed E-state index contributed by atoms with van der Waals surface area (Å²) in [5, 5.41) is 0. The Bertz CT molecular complexity index is 947. The van der Waals surface area contributed by atoms with Crippen LogP contribution in [0.4, 0.5) is 0 Å². The van der Waals surface area contributed by atoms with Crippen molar-refractivity contribution in [1.82, 2.24) is 0 Å². The van der Waals surface area contributed by atoms with Crippen molar-refractivity contribution in [2.24, 2.45) is 0 Å². The summed E-state index contributed by atoms with van der Waals surface area (Å²) in [6, 6.07) is 28.3. The van der Waals surface area contributed by atoms with Gasteiger partial charge in [0, 0.05) is 17.5 Å². The van der Waals surface area contributed by atoms with E-state index in [2.05, 4.69) is 24.3 Å². The van der Waals surface area contributed by atoms with Crippen molar-refractivity contribution in [3.05, 3.63) is 114 Å². The lowest BCUT2D eigenvalue weighted by Crippen LogP contribution is -2.20. The Kier molecular flexibility index (Phi) is 8.16. The minimum absolute atomic E-state index is 0.207. The van der Waals surface area contributed by atoms with Crippen LogP contribution < -0.4 is 0 Å². The van der Waals surface area contributed by atoms with E-state index in [9.17, 15) is 9.59 Å². The molecule has 0 bridgehead atoms. The second-order valence-corrected chi connectivity index (χ2v) is 7.07. The lowest BCUT2D eigenvalue weighted by molar-refractivity contribution is -0.147. The molecule has 152 valence electrons. The molecule has 3 rings (SSSR count). The smallest absolute Gasteiger partial charge is 0.306 e. The van der Waals surface area contributed by atoms with Gasteiger partial charge in [-0.15, -0.1) is 0 Å². The number of carbonyl (C=O) groups is 2. The highest BCUT2D eigenvalue weighted by Crippen LogP contribution is 2.23. The highest BCUT2D eigenvalue weighted by atomic mass is 16.5. The van der Waals surface area contributed by atoms with Crippen LogP contribution in [-0.2, 0) is 9.53 Å². The van der Waals surface area contributed by atoms with Crippen molar-refractivity contribution in [1.29, 1.82) is 0 Å². The van der Waals surface area contributed by atoms with Crippen LogP contribution in [0.3, 0.4) is 0 Å². The average Bonchev–Trinajstić information content (AvgIpc) is 2.81. The molecule has 30 heavy (non-hydrogen) atoms. The minimum atomic E-state index is -0.918. The van der Waals surface area contributed by atoms with Crippen molar-refractivity contribution in [3.8, 4) is 0 Å². The summed E-state index contributed by atoms with van der Waals surface area (Å²) < 4.78 is 5.62. The van der Waals surface area contributed by atoms with Crippen LogP contribution in [0.2, 0.25) is 0 Å². The van der Waals surface area contributed by atoms with Crippen molar-refractivity contribution in [3.63, 3.8) is 0 Å². The maximum atomic E-state index is 12.9. The molecule has 0 saturated carbocycles. The molecule has 0 aliphatic rings. The second-order valence-electron chi connectivity index (χ2n) is 7.07. The molecule has 0 aliphatic carbocycles. The van der Waals surface area contributed by atoms with E-state index in [-0.39, 0.29) is 11.8 Å². The minimum Gasteiger partial charge on any atom is -0.449 e. The Morgan fingerprint density at radius 1 is 0.767 bits per heavy atom. The predicted molar refractivity (Wildman–Crippen MR) is 120 cm³/mol. The van der Waals surface area contributed by atoms with E-state index in [0.29, 0.717) is 17.5 Å². The van der Waals surface area contributed by atoms with Crippen LogP contribution in [0.25, 0.3) is 6.08 Å². The van der Waals surface area contributed by atoms with Gasteiger partial charge in [-0.2, -0.15) is 0 Å². The quantitative estimate of drug-likeness (QED) is 0.225. The number of benzene rings is 3. The molecule has 1 unspecified atom stereocenters.